The van der Waals surface area contributed by atoms with Gasteiger partial charge in [-0.05, 0) is 64.7 Å². The molecule has 2 rings (SSSR count). The second-order valence-electron chi connectivity index (χ2n) is 4.73. The van der Waals surface area contributed by atoms with Crippen LogP contribution >= 0.6 is 27.3 Å². The van der Waals surface area contributed by atoms with Crippen molar-refractivity contribution >= 4 is 37.3 Å². The van der Waals surface area contributed by atoms with Crippen molar-refractivity contribution in [2.75, 3.05) is 0 Å². The summed E-state index contributed by atoms with van der Waals surface area (Å²) >= 11 is 4.84. The van der Waals surface area contributed by atoms with Crippen LogP contribution in [-0.4, -0.2) is 13.5 Å². The summed E-state index contributed by atoms with van der Waals surface area (Å²) in [6.07, 6.45) is 0. The Balaban J connectivity index is 2.27. The van der Waals surface area contributed by atoms with Crippen LogP contribution in [0.25, 0.3) is 0 Å². The fourth-order valence-electron chi connectivity index (χ4n) is 2.03. The van der Waals surface area contributed by atoms with Gasteiger partial charge in [-0.25, -0.2) is 13.1 Å². The van der Waals surface area contributed by atoms with Crippen molar-refractivity contribution in [1.29, 1.82) is 0 Å². The quantitative estimate of drug-likeness (QED) is 0.825. The van der Waals surface area contributed by atoms with Crippen molar-refractivity contribution < 1.29 is 13.5 Å². The average molecular weight is 390 g/mol. The van der Waals surface area contributed by atoms with Crippen LogP contribution in [0.4, 0.5) is 0 Å². The van der Waals surface area contributed by atoms with Gasteiger partial charge in [0, 0.05) is 11.4 Å². The molecule has 0 bridgehead atoms. The van der Waals surface area contributed by atoms with Crippen molar-refractivity contribution in [3.8, 4) is 0 Å². The van der Waals surface area contributed by atoms with Gasteiger partial charge >= 0.3 is 0 Å². The Morgan fingerprint density at radius 3 is 2.52 bits per heavy atom. The zero-order valence-electron chi connectivity index (χ0n) is 11.7. The minimum absolute atomic E-state index is 0.174. The lowest BCUT2D eigenvalue weighted by molar-refractivity contribution is 0.280. The topological polar surface area (TPSA) is 66.4 Å². The monoisotopic (exact) mass is 389 g/mol. The van der Waals surface area contributed by atoms with Gasteiger partial charge in [-0.15, -0.1) is 11.3 Å². The van der Waals surface area contributed by atoms with E-state index in [0.29, 0.717) is 11.1 Å². The molecule has 0 aliphatic carbocycles. The molecule has 0 aliphatic rings. The third-order valence-electron chi connectivity index (χ3n) is 3.16. The lowest BCUT2D eigenvalue weighted by Gasteiger charge is -2.12. The Bertz CT molecular complexity index is 754. The number of halogens is 1. The molecule has 0 unspecified atom stereocenters. The Kier molecular flexibility index (Phi) is 5.21. The van der Waals surface area contributed by atoms with Gasteiger partial charge in [-0.3, -0.25) is 0 Å². The summed E-state index contributed by atoms with van der Waals surface area (Å²) in [6.45, 7) is 3.68. The fraction of sp³-hybridized carbons (Fsp3) is 0.286. The molecule has 114 valence electrons. The Morgan fingerprint density at radius 2 is 1.95 bits per heavy atom. The Labute approximate surface area is 137 Å². The van der Waals surface area contributed by atoms with E-state index in [9.17, 15) is 13.5 Å². The number of hydrogen-bond acceptors (Lipinski definition) is 4. The predicted octanol–water partition coefficient (Wildman–Crippen LogP) is 3.10. The van der Waals surface area contributed by atoms with E-state index in [4.69, 9.17) is 0 Å². The smallest absolute Gasteiger partial charge is 0.241 e. The molecule has 0 spiro atoms. The summed E-state index contributed by atoms with van der Waals surface area (Å²) in [7, 11) is -3.60. The maximum Gasteiger partial charge on any atom is 0.241 e. The molecule has 0 aliphatic heterocycles. The van der Waals surface area contributed by atoms with Gasteiger partial charge in [0.25, 0.3) is 0 Å². The number of nitrogens with one attached hydrogen (secondary N) is 1. The SMILES string of the molecule is Cc1cc(C)c(S(=O)(=O)NCc2ccc(Br)s2)cc1CO. The molecular weight excluding hydrogens is 374 g/mol. The summed E-state index contributed by atoms with van der Waals surface area (Å²) in [4.78, 5) is 1.14. The average Bonchev–Trinajstić information content (AvgIpc) is 2.82. The molecule has 4 nitrogen and oxygen atoms in total. The maximum atomic E-state index is 12.4. The first kappa shape index (κ1) is 16.6. The molecule has 1 aromatic heterocycles. The van der Waals surface area contributed by atoms with E-state index in [2.05, 4.69) is 20.7 Å². The van der Waals surface area contributed by atoms with Gasteiger partial charge in [0.05, 0.1) is 15.3 Å². The van der Waals surface area contributed by atoms with E-state index in [1.807, 2.05) is 19.1 Å². The molecule has 0 amide bonds. The number of rotatable bonds is 5. The number of aliphatic hydroxyl groups excluding tert-OH is 1. The molecule has 7 heteroatoms. The van der Waals surface area contributed by atoms with E-state index < -0.39 is 10.0 Å². The molecule has 0 saturated carbocycles. The molecule has 21 heavy (non-hydrogen) atoms. The van der Waals surface area contributed by atoms with Gasteiger partial charge in [0.15, 0.2) is 0 Å². The number of aryl methyl sites for hydroxylation is 2. The first-order chi connectivity index (χ1) is 9.83. The first-order valence-electron chi connectivity index (χ1n) is 6.28. The molecule has 1 aromatic carbocycles. The van der Waals surface area contributed by atoms with Crippen molar-refractivity contribution in [3.63, 3.8) is 0 Å². The normalized spacial score (nSPS) is 11.8. The largest absolute Gasteiger partial charge is 0.392 e. The van der Waals surface area contributed by atoms with Crippen molar-refractivity contribution in [1.82, 2.24) is 4.72 Å². The lowest BCUT2D eigenvalue weighted by atomic mass is 10.1. The highest BCUT2D eigenvalue weighted by Crippen LogP contribution is 2.24. The number of benzene rings is 1. The highest BCUT2D eigenvalue weighted by Gasteiger charge is 2.18. The van der Waals surface area contributed by atoms with Crippen LogP contribution in [0.1, 0.15) is 21.6 Å². The molecule has 0 saturated heterocycles. The lowest BCUT2D eigenvalue weighted by Crippen LogP contribution is -2.24. The number of thiophene rings is 1. The molecule has 0 fully saturated rings. The maximum absolute atomic E-state index is 12.4. The van der Waals surface area contributed by atoms with E-state index in [1.54, 1.807) is 13.0 Å². The summed E-state index contributed by atoms with van der Waals surface area (Å²) in [5, 5.41) is 9.29. The van der Waals surface area contributed by atoms with Crippen molar-refractivity contribution in [2.45, 2.75) is 31.9 Å². The van der Waals surface area contributed by atoms with Crippen LogP contribution in [0.2, 0.25) is 0 Å². The predicted molar refractivity (Wildman–Crippen MR) is 87.9 cm³/mol. The third kappa shape index (κ3) is 3.92. The van der Waals surface area contributed by atoms with Crippen molar-refractivity contribution in [3.05, 3.63) is 49.6 Å². The molecule has 1 heterocycles. The minimum Gasteiger partial charge on any atom is -0.392 e. The van der Waals surface area contributed by atoms with Crippen LogP contribution in [0.5, 0.6) is 0 Å². The second kappa shape index (κ2) is 6.58. The Morgan fingerprint density at radius 1 is 1.24 bits per heavy atom. The van der Waals surface area contributed by atoms with Gasteiger partial charge in [0.2, 0.25) is 10.0 Å². The number of aliphatic hydroxyl groups is 1. The van der Waals surface area contributed by atoms with Gasteiger partial charge in [0.1, 0.15) is 0 Å². The standard InChI is InChI=1S/C14H16BrNO3S2/c1-9-5-10(2)13(6-11(9)8-17)21(18,19)16-7-12-3-4-14(15)20-12/h3-6,16-17H,7-8H2,1-2H3. The zero-order chi connectivity index (χ0) is 15.6. The molecule has 0 radical (unpaired) electrons. The van der Waals surface area contributed by atoms with Gasteiger partial charge < -0.3 is 5.11 Å². The minimum atomic E-state index is -3.60. The highest BCUT2D eigenvalue weighted by atomic mass is 79.9. The summed E-state index contributed by atoms with van der Waals surface area (Å²) in [5.74, 6) is 0. The van der Waals surface area contributed by atoms with E-state index in [-0.39, 0.29) is 18.0 Å². The second-order valence-corrected chi connectivity index (χ2v) is 9.02. The van der Waals surface area contributed by atoms with Crippen LogP contribution in [0.15, 0.2) is 32.9 Å². The summed E-state index contributed by atoms with van der Waals surface area (Å²) in [5.41, 5.74) is 2.18. The zero-order valence-corrected chi connectivity index (χ0v) is 14.9. The Hall–Kier alpha value is -0.730. The van der Waals surface area contributed by atoms with Gasteiger partial charge in [-0.2, -0.15) is 0 Å². The van der Waals surface area contributed by atoms with Crippen LogP contribution < -0.4 is 4.72 Å². The fourth-order valence-corrected chi connectivity index (χ4v) is 4.82. The third-order valence-corrected chi connectivity index (χ3v) is 6.33. The molecule has 2 aromatic rings. The van der Waals surface area contributed by atoms with Crippen LogP contribution in [0, 0.1) is 13.8 Å². The summed E-state index contributed by atoms with van der Waals surface area (Å²) < 4.78 is 28.4. The molecule has 0 atom stereocenters. The number of hydrogen-bond donors (Lipinski definition) is 2. The van der Waals surface area contributed by atoms with Crippen LogP contribution in [0.3, 0.4) is 0 Å². The molecular formula is C14H16BrNO3S2. The van der Waals surface area contributed by atoms with Gasteiger partial charge in [-0.1, -0.05) is 6.07 Å². The first-order valence-corrected chi connectivity index (χ1v) is 9.37. The van der Waals surface area contributed by atoms with Crippen LogP contribution in [-0.2, 0) is 23.2 Å². The molecule has 2 N–H and O–H groups in total. The number of sulfonamides is 1. The van der Waals surface area contributed by atoms with E-state index in [1.165, 1.54) is 17.4 Å². The van der Waals surface area contributed by atoms with Crippen molar-refractivity contribution in [2.24, 2.45) is 0 Å². The summed E-state index contributed by atoms with van der Waals surface area (Å²) in [6, 6.07) is 7.08. The van der Waals surface area contributed by atoms with E-state index in [0.717, 1.165) is 14.2 Å². The highest BCUT2D eigenvalue weighted by molar-refractivity contribution is 9.11. The van der Waals surface area contributed by atoms with E-state index >= 15 is 0 Å².